The molecule has 1 heterocycles. The molecule has 2 aliphatic rings. The summed E-state index contributed by atoms with van der Waals surface area (Å²) < 4.78 is 5.64. The molecule has 1 aromatic rings. The zero-order valence-electron chi connectivity index (χ0n) is 14.1. The Morgan fingerprint density at radius 1 is 1.04 bits per heavy atom. The molecule has 23 heavy (non-hydrogen) atoms. The van der Waals surface area contributed by atoms with Crippen LogP contribution in [0.25, 0.3) is 0 Å². The summed E-state index contributed by atoms with van der Waals surface area (Å²) in [7, 11) is 0. The molecule has 2 fully saturated rings. The second-order valence-electron chi connectivity index (χ2n) is 6.93. The van der Waals surface area contributed by atoms with Gasteiger partial charge < -0.3 is 9.84 Å². The molecule has 1 aliphatic heterocycles. The number of hydrogen-bond acceptors (Lipinski definition) is 4. The van der Waals surface area contributed by atoms with E-state index in [2.05, 4.69) is 21.9 Å². The van der Waals surface area contributed by atoms with E-state index in [0.29, 0.717) is 13.2 Å². The van der Waals surface area contributed by atoms with Crippen LogP contribution in [0.4, 0.5) is 0 Å². The molecule has 4 nitrogen and oxygen atoms in total. The van der Waals surface area contributed by atoms with Crippen LogP contribution in [0, 0.1) is 0 Å². The molecular formula is C19H30N2O2. The van der Waals surface area contributed by atoms with Crippen LogP contribution < -0.4 is 0 Å². The van der Waals surface area contributed by atoms with Crippen LogP contribution >= 0.6 is 0 Å². The van der Waals surface area contributed by atoms with Gasteiger partial charge in [0.15, 0.2) is 0 Å². The minimum atomic E-state index is -0.392. The number of ether oxygens (including phenoxy) is 1. The van der Waals surface area contributed by atoms with Crippen molar-refractivity contribution in [3.05, 3.63) is 35.9 Å². The number of aliphatic hydroxyl groups is 1. The second-order valence-corrected chi connectivity index (χ2v) is 6.93. The lowest BCUT2D eigenvalue weighted by Crippen LogP contribution is -2.51. The van der Waals surface area contributed by atoms with Gasteiger partial charge in [0.05, 0.1) is 19.3 Å². The molecule has 1 aromatic carbocycles. The van der Waals surface area contributed by atoms with Gasteiger partial charge in [-0.25, -0.2) is 0 Å². The Morgan fingerprint density at radius 3 is 2.43 bits per heavy atom. The minimum Gasteiger partial charge on any atom is -0.389 e. The second kappa shape index (κ2) is 8.78. The number of aliphatic hydroxyl groups excluding tert-OH is 1. The van der Waals surface area contributed by atoms with Crippen molar-refractivity contribution in [2.75, 3.05) is 39.3 Å². The average molecular weight is 318 g/mol. The smallest absolute Gasteiger partial charge is 0.0900 e. The van der Waals surface area contributed by atoms with Crippen molar-refractivity contribution in [3.8, 4) is 0 Å². The van der Waals surface area contributed by atoms with Crippen LogP contribution in [0.2, 0.25) is 0 Å². The van der Waals surface area contributed by atoms with Gasteiger partial charge in [-0.15, -0.1) is 0 Å². The zero-order chi connectivity index (χ0) is 15.9. The molecule has 128 valence electrons. The van der Waals surface area contributed by atoms with Crippen molar-refractivity contribution in [2.45, 2.75) is 44.4 Å². The van der Waals surface area contributed by atoms with E-state index in [1.807, 2.05) is 18.2 Å². The molecule has 1 unspecified atom stereocenters. The van der Waals surface area contributed by atoms with E-state index >= 15 is 0 Å². The van der Waals surface area contributed by atoms with E-state index < -0.39 is 6.10 Å². The number of benzene rings is 1. The van der Waals surface area contributed by atoms with Gasteiger partial charge in [0.2, 0.25) is 0 Å². The van der Waals surface area contributed by atoms with Gasteiger partial charge >= 0.3 is 0 Å². The SMILES string of the molecule is OC(COCc1ccccc1)CN1CCN(C2CCCC2)CC1. The summed E-state index contributed by atoms with van der Waals surface area (Å²) in [5.74, 6) is 0. The van der Waals surface area contributed by atoms with E-state index in [-0.39, 0.29) is 0 Å². The van der Waals surface area contributed by atoms with Crippen molar-refractivity contribution in [1.29, 1.82) is 0 Å². The van der Waals surface area contributed by atoms with Crippen LogP contribution in [0.15, 0.2) is 30.3 Å². The van der Waals surface area contributed by atoms with Gasteiger partial charge in [-0.2, -0.15) is 0 Å². The highest BCUT2D eigenvalue weighted by molar-refractivity contribution is 5.13. The van der Waals surface area contributed by atoms with Crippen molar-refractivity contribution in [2.24, 2.45) is 0 Å². The first-order valence-corrected chi connectivity index (χ1v) is 9.07. The molecule has 1 aliphatic carbocycles. The third kappa shape index (κ3) is 5.28. The zero-order valence-corrected chi connectivity index (χ0v) is 14.1. The van der Waals surface area contributed by atoms with Crippen molar-refractivity contribution in [1.82, 2.24) is 9.80 Å². The molecule has 1 saturated heterocycles. The Balaban J connectivity index is 1.30. The summed E-state index contributed by atoms with van der Waals surface area (Å²) in [6.45, 7) is 6.18. The monoisotopic (exact) mass is 318 g/mol. The topological polar surface area (TPSA) is 35.9 Å². The third-order valence-electron chi connectivity index (χ3n) is 5.14. The summed E-state index contributed by atoms with van der Waals surface area (Å²) in [6.07, 6.45) is 5.19. The number of β-amino-alcohol motifs (C(OH)–C–C–N with tert-alkyl or cyclic N) is 1. The maximum Gasteiger partial charge on any atom is 0.0900 e. The molecule has 4 heteroatoms. The Labute approximate surface area is 140 Å². The highest BCUT2D eigenvalue weighted by atomic mass is 16.5. The molecular weight excluding hydrogens is 288 g/mol. The van der Waals surface area contributed by atoms with E-state index in [1.165, 1.54) is 25.7 Å². The normalized spacial score (nSPS) is 22.5. The van der Waals surface area contributed by atoms with Crippen molar-refractivity contribution >= 4 is 0 Å². The summed E-state index contributed by atoms with van der Waals surface area (Å²) in [6, 6.07) is 11.0. The lowest BCUT2D eigenvalue weighted by Gasteiger charge is -2.38. The fourth-order valence-electron chi connectivity index (χ4n) is 3.82. The largest absolute Gasteiger partial charge is 0.389 e. The lowest BCUT2D eigenvalue weighted by atomic mass is 10.1. The van der Waals surface area contributed by atoms with Crippen LogP contribution in [0.1, 0.15) is 31.2 Å². The summed E-state index contributed by atoms with van der Waals surface area (Å²) >= 11 is 0. The fourth-order valence-corrected chi connectivity index (χ4v) is 3.82. The highest BCUT2D eigenvalue weighted by Crippen LogP contribution is 2.24. The molecule has 0 spiro atoms. The lowest BCUT2D eigenvalue weighted by molar-refractivity contribution is -0.00172. The first kappa shape index (κ1) is 16.9. The van der Waals surface area contributed by atoms with Crippen LogP contribution in [0.5, 0.6) is 0 Å². The molecule has 0 radical (unpaired) electrons. The molecule has 0 aromatic heterocycles. The minimum absolute atomic E-state index is 0.392. The van der Waals surface area contributed by atoms with Gasteiger partial charge in [-0.1, -0.05) is 43.2 Å². The third-order valence-corrected chi connectivity index (χ3v) is 5.14. The van der Waals surface area contributed by atoms with Gasteiger partial charge in [-0.3, -0.25) is 9.80 Å². The number of rotatable bonds is 7. The summed E-state index contributed by atoms with van der Waals surface area (Å²) in [5, 5.41) is 10.2. The fraction of sp³-hybridized carbons (Fsp3) is 0.684. The maximum atomic E-state index is 10.2. The standard InChI is InChI=1S/C19H30N2O2/c22-19(16-23-15-17-6-2-1-3-7-17)14-20-10-12-21(13-11-20)18-8-4-5-9-18/h1-3,6-7,18-19,22H,4-5,8-16H2. The molecule has 0 bridgehead atoms. The quantitative estimate of drug-likeness (QED) is 0.835. The van der Waals surface area contributed by atoms with Crippen LogP contribution in [-0.4, -0.2) is 66.4 Å². The first-order valence-electron chi connectivity index (χ1n) is 9.07. The highest BCUT2D eigenvalue weighted by Gasteiger charge is 2.26. The average Bonchev–Trinajstić information content (AvgIpc) is 3.11. The van der Waals surface area contributed by atoms with Crippen LogP contribution in [-0.2, 0) is 11.3 Å². The Hall–Kier alpha value is -0.940. The van der Waals surface area contributed by atoms with E-state index in [1.54, 1.807) is 0 Å². The van der Waals surface area contributed by atoms with Crippen molar-refractivity contribution in [3.63, 3.8) is 0 Å². The molecule has 0 amide bonds. The van der Waals surface area contributed by atoms with Gasteiger partial charge in [-0.05, 0) is 18.4 Å². The molecule has 1 atom stereocenters. The van der Waals surface area contributed by atoms with E-state index in [4.69, 9.17) is 4.74 Å². The van der Waals surface area contributed by atoms with Gasteiger partial charge in [0.1, 0.15) is 0 Å². The number of nitrogens with zero attached hydrogens (tertiary/aromatic N) is 2. The number of hydrogen-bond donors (Lipinski definition) is 1. The van der Waals surface area contributed by atoms with E-state index in [0.717, 1.165) is 44.3 Å². The predicted molar refractivity (Wildman–Crippen MR) is 92.4 cm³/mol. The first-order chi connectivity index (χ1) is 11.3. The van der Waals surface area contributed by atoms with E-state index in [9.17, 15) is 5.11 Å². The van der Waals surface area contributed by atoms with Gasteiger partial charge in [0.25, 0.3) is 0 Å². The number of piperazine rings is 1. The molecule has 1 saturated carbocycles. The maximum absolute atomic E-state index is 10.2. The molecule has 3 rings (SSSR count). The van der Waals surface area contributed by atoms with Gasteiger partial charge in [0, 0.05) is 38.8 Å². The Kier molecular flexibility index (Phi) is 6.46. The Bertz CT molecular complexity index is 440. The predicted octanol–water partition coefficient (Wildman–Crippen LogP) is 2.12. The summed E-state index contributed by atoms with van der Waals surface area (Å²) in [5.41, 5.74) is 1.16. The van der Waals surface area contributed by atoms with Crippen LogP contribution in [0.3, 0.4) is 0 Å². The summed E-state index contributed by atoms with van der Waals surface area (Å²) in [4.78, 5) is 5.03. The Morgan fingerprint density at radius 2 is 1.74 bits per heavy atom. The van der Waals surface area contributed by atoms with Crippen molar-refractivity contribution < 1.29 is 9.84 Å². The molecule has 1 N–H and O–H groups in total.